The number of piperidine rings is 1. The number of carbonyl (C=O) groups is 1. The molecule has 6 nitrogen and oxygen atoms in total. The quantitative estimate of drug-likeness (QED) is 0.188. The van der Waals surface area contributed by atoms with Crippen LogP contribution >= 0.6 is 0 Å². The van der Waals surface area contributed by atoms with Gasteiger partial charge in [-0.1, -0.05) is 66.2 Å². The van der Waals surface area contributed by atoms with Crippen molar-refractivity contribution in [2.24, 2.45) is 0 Å². The third kappa shape index (κ3) is 6.47. The molecule has 0 bridgehead atoms. The Morgan fingerprint density at radius 2 is 1.56 bits per heavy atom. The van der Waals surface area contributed by atoms with Crippen LogP contribution in [0.5, 0.6) is 5.75 Å². The molecule has 39 heavy (non-hydrogen) atoms. The van der Waals surface area contributed by atoms with Gasteiger partial charge < -0.3 is 18.8 Å². The van der Waals surface area contributed by atoms with Gasteiger partial charge in [-0.2, -0.15) is 0 Å². The molecule has 1 aromatic heterocycles. The highest BCUT2D eigenvalue weighted by Gasteiger charge is 2.19. The Balaban J connectivity index is 1.16. The SMILES string of the molecule is CCOC(=O)c1cc(=O)c2cc(OCCCN3CCC(=C(c4ccccc4)c4ccccc4)CC3)ccc2o1. The molecule has 0 amide bonds. The van der Waals surface area contributed by atoms with Gasteiger partial charge in [-0.25, -0.2) is 4.79 Å². The Bertz CT molecular complexity index is 1460. The second-order valence-electron chi connectivity index (χ2n) is 9.61. The zero-order chi connectivity index (χ0) is 27.0. The minimum atomic E-state index is -0.645. The van der Waals surface area contributed by atoms with Crippen molar-refractivity contribution in [3.05, 3.63) is 118 Å². The summed E-state index contributed by atoms with van der Waals surface area (Å²) in [6.07, 6.45) is 2.99. The van der Waals surface area contributed by atoms with E-state index in [0.29, 0.717) is 23.3 Å². The molecule has 1 aliphatic rings. The Labute approximate surface area is 228 Å². The van der Waals surface area contributed by atoms with Gasteiger partial charge in [0.15, 0.2) is 5.43 Å². The molecule has 2 heterocycles. The van der Waals surface area contributed by atoms with Crippen LogP contribution in [0.2, 0.25) is 0 Å². The van der Waals surface area contributed by atoms with E-state index in [1.165, 1.54) is 28.3 Å². The average molecular weight is 524 g/mol. The van der Waals surface area contributed by atoms with Crippen LogP contribution in [0.15, 0.2) is 99.7 Å². The molecule has 5 rings (SSSR count). The number of esters is 1. The summed E-state index contributed by atoms with van der Waals surface area (Å²) in [4.78, 5) is 26.9. The number of ether oxygens (including phenoxy) is 2. The second kappa shape index (κ2) is 12.6. The number of hydrogen-bond donors (Lipinski definition) is 0. The van der Waals surface area contributed by atoms with Gasteiger partial charge in [0.1, 0.15) is 11.3 Å². The highest BCUT2D eigenvalue weighted by molar-refractivity contribution is 5.89. The van der Waals surface area contributed by atoms with Crippen LogP contribution in [0, 0.1) is 0 Å². The van der Waals surface area contributed by atoms with Gasteiger partial charge in [-0.15, -0.1) is 0 Å². The topological polar surface area (TPSA) is 69.0 Å². The first-order valence-corrected chi connectivity index (χ1v) is 13.6. The average Bonchev–Trinajstić information content (AvgIpc) is 2.97. The molecule has 0 unspecified atom stereocenters. The fourth-order valence-corrected chi connectivity index (χ4v) is 5.09. The highest BCUT2D eigenvalue weighted by Crippen LogP contribution is 2.32. The Hall–Kier alpha value is -4.16. The zero-order valence-corrected chi connectivity index (χ0v) is 22.2. The molecule has 0 saturated carbocycles. The van der Waals surface area contributed by atoms with E-state index in [1.54, 1.807) is 25.1 Å². The maximum atomic E-state index is 12.5. The van der Waals surface area contributed by atoms with Gasteiger partial charge in [0.2, 0.25) is 5.76 Å². The third-order valence-corrected chi connectivity index (χ3v) is 7.00. The van der Waals surface area contributed by atoms with Crippen LogP contribution in [0.25, 0.3) is 16.5 Å². The van der Waals surface area contributed by atoms with Crippen LogP contribution in [0.3, 0.4) is 0 Å². The summed E-state index contributed by atoms with van der Waals surface area (Å²) in [6, 6.07) is 27.6. The maximum absolute atomic E-state index is 12.5. The van der Waals surface area contributed by atoms with Crippen molar-refractivity contribution < 1.29 is 18.7 Å². The van der Waals surface area contributed by atoms with Gasteiger partial charge in [0.05, 0.1) is 18.6 Å². The first-order valence-electron chi connectivity index (χ1n) is 13.6. The van der Waals surface area contributed by atoms with E-state index < -0.39 is 5.97 Å². The van der Waals surface area contributed by atoms with E-state index >= 15 is 0 Å². The van der Waals surface area contributed by atoms with Crippen molar-refractivity contribution in [3.63, 3.8) is 0 Å². The first-order chi connectivity index (χ1) is 19.1. The first kappa shape index (κ1) is 26.4. The number of likely N-dealkylation sites (tertiary alicyclic amines) is 1. The van der Waals surface area contributed by atoms with Crippen molar-refractivity contribution in [3.8, 4) is 5.75 Å². The minimum absolute atomic E-state index is 0.0952. The van der Waals surface area contributed by atoms with E-state index in [2.05, 4.69) is 65.6 Å². The van der Waals surface area contributed by atoms with Gasteiger partial charge in [-0.3, -0.25) is 4.79 Å². The van der Waals surface area contributed by atoms with Gasteiger partial charge in [0.25, 0.3) is 0 Å². The Morgan fingerprint density at radius 3 is 2.21 bits per heavy atom. The molecule has 200 valence electrons. The van der Waals surface area contributed by atoms with E-state index in [0.717, 1.165) is 38.9 Å². The van der Waals surface area contributed by atoms with Crippen LogP contribution in [0.4, 0.5) is 0 Å². The van der Waals surface area contributed by atoms with Crippen molar-refractivity contribution in [1.82, 2.24) is 4.90 Å². The number of carbonyl (C=O) groups excluding carboxylic acids is 1. The number of benzene rings is 3. The molecule has 1 saturated heterocycles. The van der Waals surface area contributed by atoms with Gasteiger partial charge in [0, 0.05) is 25.7 Å². The van der Waals surface area contributed by atoms with E-state index in [1.807, 2.05) is 0 Å². The fourth-order valence-electron chi connectivity index (χ4n) is 5.09. The van der Waals surface area contributed by atoms with Crippen LogP contribution < -0.4 is 10.2 Å². The summed E-state index contributed by atoms with van der Waals surface area (Å²) in [5, 5.41) is 0.378. The molecule has 6 heteroatoms. The van der Waals surface area contributed by atoms with Gasteiger partial charge in [-0.05, 0) is 61.1 Å². The predicted octanol–water partition coefficient (Wildman–Crippen LogP) is 6.34. The summed E-state index contributed by atoms with van der Waals surface area (Å²) in [6.45, 7) is 5.48. The standard InChI is InChI=1S/C33H33NO5/c1-2-37-33(36)31-23-29(35)28-22-27(14-15-30(28)39-31)38-21-9-18-34-19-16-26(17-20-34)32(24-10-5-3-6-11-24)25-12-7-4-8-13-25/h3-8,10-15,22-23H,2,9,16-21H2,1H3. The molecule has 4 aromatic rings. The molecular weight excluding hydrogens is 490 g/mol. The van der Waals surface area contributed by atoms with E-state index in [-0.39, 0.29) is 17.8 Å². The molecule has 0 radical (unpaired) electrons. The van der Waals surface area contributed by atoms with Crippen molar-refractivity contribution in [2.75, 3.05) is 32.8 Å². The molecule has 0 N–H and O–H groups in total. The molecule has 1 fully saturated rings. The molecule has 0 aliphatic carbocycles. The van der Waals surface area contributed by atoms with Crippen molar-refractivity contribution in [1.29, 1.82) is 0 Å². The molecular formula is C33H33NO5. The molecule has 1 aliphatic heterocycles. The Kier molecular flexibility index (Phi) is 8.54. The number of rotatable bonds is 9. The van der Waals surface area contributed by atoms with Crippen LogP contribution in [-0.2, 0) is 4.74 Å². The summed E-state index contributed by atoms with van der Waals surface area (Å²) in [7, 11) is 0. The number of nitrogens with zero attached hydrogens (tertiary/aromatic N) is 1. The summed E-state index contributed by atoms with van der Waals surface area (Å²) in [5.74, 6) is -0.131. The lowest BCUT2D eigenvalue weighted by Crippen LogP contribution is -2.32. The monoisotopic (exact) mass is 523 g/mol. The van der Waals surface area contributed by atoms with E-state index in [4.69, 9.17) is 13.9 Å². The van der Waals surface area contributed by atoms with Crippen molar-refractivity contribution in [2.45, 2.75) is 26.2 Å². The van der Waals surface area contributed by atoms with Crippen molar-refractivity contribution >= 4 is 22.5 Å². The third-order valence-electron chi connectivity index (χ3n) is 7.00. The number of fused-ring (bicyclic) bond motifs is 1. The van der Waals surface area contributed by atoms with E-state index in [9.17, 15) is 9.59 Å². The zero-order valence-electron chi connectivity index (χ0n) is 22.2. The lowest BCUT2D eigenvalue weighted by molar-refractivity contribution is 0.0490. The summed E-state index contributed by atoms with van der Waals surface area (Å²) >= 11 is 0. The lowest BCUT2D eigenvalue weighted by Gasteiger charge is -2.30. The molecule has 0 atom stereocenters. The summed E-state index contributed by atoms with van der Waals surface area (Å²) < 4.78 is 16.4. The lowest BCUT2D eigenvalue weighted by atomic mass is 9.88. The smallest absolute Gasteiger partial charge is 0.374 e. The van der Waals surface area contributed by atoms with Gasteiger partial charge >= 0.3 is 5.97 Å². The number of hydrogen-bond acceptors (Lipinski definition) is 6. The predicted molar refractivity (Wildman–Crippen MR) is 153 cm³/mol. The highest BCUT2D eigenvalue weighted by atomic mass is 16.5. The Morgan fingerprint density at radius 1 is 0.897 bits per heavy atom. The normalized spacial score (nSPS) is 13.8. The fraction of sp³-hybridized carbons (Fsp3) is 0.273. The largest absolute Gasteiger partial charge is 0.494 e. The second-order valence-corrected chi connectivity index (χ2v) is 9.61. The van der Waals surface area contributed by atoms with Crippen LogP contribution in [-0.4, -0.2) is 43.7 Å². The van der Waals surface area contributed by atoms with Crippen LogP contribution in [0.1, 0.15) is 47.9 Å². The molecule has 3 aromatic carbocycles. The molecule has 0 spiro atoms. The minimum Gasteiger partial charge on any atom is -0.494 e. The maximum Gasteiger partial charge on any atom is 0.374 e. The summed E-state index contributed by atoms with van der Waals surface area (Å²) in [5.41, 5.74) is 5.48.